The molecule has 0 unspecified atom stereocenters. The molecule has 8 heavy (non-hydrogen) atoms. The van der Waals surface area contributed by atoms with Crippen LogP contribution in [0.1, 0.15) is 19.8 Å². The van der Waals surface area contributed by atoms with Crippen molar-refractivity contribution in [2.45, 2.75) is 19.8 Å². The largest absolute Gasteiger partial charge is 0.283 e. The molecule has 0 aliphatic heterocycles. The van der Waals surface area contributed by atoms with Gasteiger partial charge in [0.15, 0.2) is 6.11 Å². The quantitative estimate of drug-likeness (QED) is 0.237. The number of terminal acetylenes is 1. The topological polar surface area (TPSA) is 18.5 Å². The number of rotatable bonds is 4. The van der Waals surface area contributed by atoms with E-state index in [4.69, 9.17) is 6.42 Å². The van der Waals surface area contributed by atoms with Crippen molar-refractivity contribution >= 4 is 0 Å². The Morgan fingerprint density at radius 1 is 1.62 bits per heavy atom. The van der Waals surface area contributed by atoms with Crippen LogP contribution in [0.2, 0.25) is 0 Å². The zero-order valence-corrected chi connectivity index (χ0v) is 5.02. The summed E-state index contributed by atoms with van der Waals surface area (Å²) in [7, 11) is 0. The molecule has 0 heterocycles. The molecule has 0 atom stereocenters. The molecule has 2 heteroatoms. The molecule has 0 saturated heterocycles. The molecule has 0 rings (SSSR count). The molecule has 0 amide bonds. The van der Waals surface area contributed by atoms with E-state index in [2.05, 4.69) is 16.7 Å². The summed E-state index contributed by atoms with van der Waals surface area (Å²) in [4.78, 5) is 8.65. The second kappa shape index (κ2) is 6.32. The first-order valence-electron chi connectivity index (χ1n) is 2.66. The molecule has 0 saturated carbocycles. The normalized spacial score (nSPS) is 8.00. The van der Waals surface area contributed by atoms with E-state index in [1.54, 1.807) is 0 Å². The number of hydrogen-bond donors (Lipinski definition) is 0. The maximum absolute atomic E-state index is 4.71. The lowest BCUT2D eigenvalue weighted by Crippen LogP contribution is -1.89. The number of hydrogen-bond acceptors (Lipinski definition) is 2. The van der Waals surface area contributed by atoms with Gasteiger partial charge in [0.05, 0.1) is 6.61 Å². The van der Waals surface area contributed by atoms with Crippen LogP contribution in [0.3, 0.4) is 0 Å². The third-order valence-electron chi connectivity index (χ3n) is 0.688. The predicted molar refractivity (Wildman–Crippen MR) is 30.8 cm³/mol. The molecular weight excluding hydrogens is 104 g/mol. The average molecular weight is 114 g/mol. The van der Waals surface area contributed by atoms with Crippen molar-refractivity contribution in [2.75, 3.05) is 6.61 Å². The molecule has 0 spiro atoms. The monoisotopic (exact) mass is 114 g/mol. The van der Waals surface area contributed by atoms with Gasteiger partial charge < -0.3 is 0 Å². The first-order valence-corrected chi connectivity index (χ1v) is 2.66. The van der Waals surface area contributed by atoms with E-state index in [0.29, 0.717) is 6.61 Å². The maximum atomic E-state index is 4.71. The molecule has 46 valence electrons. The van der Waals surface area contributed by atoms with Gasteiger partial charge in [-0.15, -0.1) is 0 Å². The van der Waals surface area contributed by atoms with Gasteiger partial charge in [0.25, 0.3) is 0 Å². The molecule has 0 aliphatic rings. The van der Waals surface area contributed by atoms with Crippen molar-refractivity contribution in [1.29, 1.82) is 0 Å². The molecule has 2 nitrogen and oxygen atoms in total. The van der Waals surface area contributed by atoms with Gasteiger partial charge in [0.1, 0.15) is 0 Å². The summed E-state index contributed by atoms with van der Waals surface area (Å²) in [6.07, 6.45) is 8.70. The highest BCUT2D eigenvalue weighted by Gasteiger charge is 1.81. The van der Waals surface area contributed by atoms with Crippen molar-refractivity contribution in [3.8, 4) is 12.5 Å². The Kier molecular flexibility index (Phi) is 5.78. The summed E-state index contributed by atoms with van der Waals surface area (Å²) in [6.45, 7) is 2.65. The van der Waals surface area contributed by atoms with Crippen LogP contribution in [0.15, 0.2) is 0 Å². The molecule has 0 bridgehead atoms. The lowest BCUT2D eigenvalue weighted by Gasteiger charge is -1.93. The van der Waals surface area contributed by atoms with Crippen molar-refractivity contribution in [3.05, 3.63) is 0 Å². The van der Waals surface area contributed by atoms with E-state index < -0.39 is 0 Å². The molecule has 0 N–H and O–H groups in total. The van der Waals surface area contributed by atoms with Crippen molar-refractivity contribution in [1.82, 2.24) is 0 Å². The minimum absolute atomic E-state index is 0.584. The van der Waals surface area contributed by atoms with Gasteiger partial charge in [-0.3, -0.25) is 4.89 Å². The van der Waals surface area contributed by atoms with Crippen LogP contribution in [0.25, 0.3) is 0 Å². The third kappa shape index (κ3) is 5.32. The highest BCUT2D eigenvalue weighted by molar-refractivity contribution is 4.64. The standard InChI is InChI=1S/C6H10O2/c1-3-5-6-8-7-4-2/h2H,3,5-6H2,1H3. The van der Waals surface area contributed by atoms with Gasteiger partial charge >= 0.3 is 0 Å². The first-order chi connectivity index (χ1) is 3.91. The molecule has 0 aromatic heterocycles. The average Bonchev–Trinajstić information content (AvgIpc) is 1.81. The molecular formula is C6H10O2. The van der Waals surface area contributed by atoms with E-state index in [0.717, 1.165) is 12.8 Å². The molecule has 0 aliphatic carbocycles. The minimum atomic E-state index is 0.584. The molecule has 0 aromatic rings. The summed E-state index contributed by atoms with van der Waals surface area (Å²) in [5, 5.41) is 0. The fraction of sp³-hybridized carbons (Fsp3) is 0.667. The van der Waals surface area contributed by atoms with Gasteiger partial charge in [0.2, 0.25) is 0 Å². The van der Waals surface area contributed by atoms with Gasteiger partial charge in [-0.2, -0.15) is 4.89 Å². The smallest absolute Gasteiger partial charge is 0.153 e. The van der Waals surface area contributed by atoms with E-state index in [-0.39, 0.29) is 0 Å². The summed E-state index contributed by atoms with van der Waals surface area (Å²) in [5.74, 6) is 0. The van der Waals surface area contributed by atoms with Crippen LogP contribution in [0.4, 0.5) is 0 Å². The van der Waals surface area contributed by atoms with E-state index >= 15 is 0 Å². The van der Waals surface area contributed by atoms with Crippen LogP contribution < -0.4 is 0 Å². The third-order valence-corrected chi connectivity index (χ3v) is 0.688. The zero-order chi connectivity index (χ0) is 6.24. The summed E-state index contributed by atoms with van der Waals surface area (Å²) in [6, 6.07) is 0. The van der Waals surface area contributed by atoms with Gasteiger partial charge in [-0.05, 0) is 6.42 Å². The Balaban J connectivity index is 2.65. The SMILES string of the molecule is C#COOCCCC. The van der Waals surface area contributed by atoms with Gasteiger partial charge in [-0.1, -0.05) is 19.8 Å². The van der Waals surface area contributed by atoms with Gasteiger partial charge in [0, 0.05) is 0 Å². The maximum Gasteiger partial charge on any atom is 0.153 e. The van der Waals surface area contributed by atoms with Crippen molar-refractivity contribution in [2.24, 2.45) is 0 Å². The van der Waals surface area contributed by atoms with E-state index in [1.807, 2.05) is 6.11 Å². The zero-order valence-electron chi connectivity index (χ0n) is 5.02. The number of unbranched alkanes of at least 4 members (excludes halogenated alkanes) is 1. The molecule has 0 fully saturated rings. The van der Waals surface area contributed by atoms with E-state index in [1.165, 1.54) is 0 Å². The molecule has 0 aromatic carbocycles. The highest BCUT2D eigenvalue weighted by Crippen LogP contribution is 1.86. The van der Waals surface area contributed by atoms with Crippen LogP contribution >= 0.6 is 0 Å². The Morgan fingerprint density at radius 2 is 2.38 bits per heavy atom. The van der Waals surface area contributed by atoms with Crippen LogP contribution in [-0.4, -0.2) is 6.61 Å². The fourth-order valence-electron chi connectivity index (χ4n) is 0.279. The highest BCUT2D eigenvalue weighted by atomic mass is 17.2. The summed E-state index contributed by atoms with van der Waals surface area (Å²) in [5.41, 5.74) is 0. The van der Waals surface area contributed by atoms with Crippen molar-refractivity contribution < 1.29 is 9.78 Å². The van der Waals surface area contributed by atoms with Crippen LogP contribution in [0, 0.1) is 12.5 Å². The first kappa shape index (κ1) is 7.32. The van der Waals surface area contributed by atoms with E-state index in [9.17, 15) is 0 Å². The fourth-order valence-corrected chi connectivity index (χ4v) is 0.279. The Hall–Kier alpha value is -0.680. The Bertz CT molecular complexity index is 73.1. The second-order valence-corrected chi connectivity index (χ2v) is 1.38. The Morgan fingerprint density at radius 3 is 2.88 bits per heavy atom. The van der Waals surface area contributed by atoms with Gasteiger partial charge in [-0.25, -0.2) is 0 Å². The summed E-state index contributed by atoms with van der Waals surface area (Å²) < 4.78 is 0. The van der Waals surface area contributed by atoms with Crippen LogP contribution in [0.5, 0.6) is 0 Å². The minimum Gasteiger partial charge on any atom is -0.283 e. The predicted octanol–water partition coefficient (Wildman–Crippen LogP) is 1.33. The lowest BCUT2D eigenvalue weighted by atomic mass is 10.4. The molecule has 0 radical (unpaired) electrons. The van der Waals surface area contributed by atoms with Crippen molar-refractivity contribution in [3.63, 3.8) is 0 Å². The summed E-state index contributed by atoms with van der Waals surface area (Å²) >= 11 is 0. The van der Waals surface area contributed by atoms with Crippen LogP contribution in [-0.2, 0) is 9.78 Å². The lowest BCUT2D eigenvalue weighted by molar-refractivity contribution is -0.236. The second-order valence-electron chi connectivity index (χ2n) is 1.38. The Labute approximate surface area is 49.7 Å².